The molecule has 0 amide bonds. The Morgan fingerprint density at radius 3 is 2.53 bits per heavy atom. The van der Waals surface area contributed by atoms with Gasteiger partial charge in [0.25, 0.3) is 0 Å². The molecule has 5 rings (SSSR count). The number of hydrogen-bond acceptors (Lipinski definition) is 5. The Labute approximate surface area is 218 Å². The summed E-state index contributed by atoms with van der Waals surface area (Å²) in [5.74, 6) is 0.840. The Bertz CT molecular complexity index is 1490. The maximum atomic E-state index is 13.2. The molecule has 1 aliphatic heterocycles. The second-order valence-corrected chi connectivity index (χ2v) is 9.18. The largest absolute Gasteiger partial charge is 0.416 e. The van der Waals surface area contributed by atoms with Gasteiger partial charge in [-0.25, -0.2) is 9.98 Å². The molecule has 1 saturated heterocycles. The highest BCUT2D eigenvalue weighted by Gasteiger charge is 2.30. The highest BCUT2D eigenvalue weighted by Crippen LogP contribution is 2.34. The number of amidine groups is 1. The lowest BCUT2D eigenvalue weighted by Crippen LogP contribution is -2.36. The molecule has 1 aliphatic rings. The molecule has 0 aliphatic carbocycles. The van der Waals surface area contributed by atoms with Gasteiger partial charge < -0.3 is 15.4 Å². The lowest BCUT2D eigenvalue weighted by Gasteiger charge is -2.28. The van der Waals surface area contributed by atoms with Gasteiger partial charge in [-0.05, 0) is 60.0 Å². The number of rotatable bonds is 5. The molecule has 0 bridgehead atoms. The Morgan fingerprint density at radius 1 is 1.03 bits per heavy atom. The molecular weight excluding hydrogens is 493 g/mol. The predicted octanol–water partition coefficient (Wildman–Crippen LogP) is 5.35. The third-order valence-corrected chi connectivity index (χ3v) is 6.41. The molecule has 3 heterocycles. The maximum absolute atomic E-state index is 13.2. The zero-order chi connectivity index (χ0) is 26.9. The molecule has 0 atom stereocenters. The third kappa shape index (κ3) is 5.55. The van der Waals surface area contributed by atoms with E-state index < -0.39 is 11.7 Å². The van der Waals surface area contributed by atoms with Gasteiger partial charge in [0.2, 0.25) is 0 Å². The number of aliphatic imine (C=N–C) groups is 1. The first-order chi connectivity index (χ1) is 18.2. The van der Waals surface area contributed by atoms with Crippen LogP contribution in [0.25, 0.3) is 22.4 Å². The van der Waals surface area contributed by atoms with Crippen molar-refractivity contribution in [3.63, 3.8) is 0 Å². The molecule has 2 N–H and O–H groups in total. The Morgan fingerprint density at radius 2 is 1.82 bits per heavy atom. The zero-order valence-corrected chi connectivity index (χ0v) is 21.0. The van der Waals surface area contributed by atoms with Crippen LogP contribution in [0.15, 0.2) is 72.0 Å². The Kier molecular flexibility index (Phi) is 6.90. The van der Waals surface area contributed by atoms with Gasteiger partial charge in [-0.15, -0.1) is 0 Å². The summed E-state index contributed by atoms with van der Waals surface area (Å²) in [6.07, 6.45) is -0.768. The molecule has 10 heteroatoms. The van der Waals surface area contributed by atoms with E-state index in [1.807, 2.05) is 44.4 Å². The molecule has 0 spiro atoms. The normalized spacial score (nSPS) is 14.7. The number of nitrogens with two attached hydrogens (primary N) is 1. The minimum Gasteiger partial charge on any atom is -0.383 e. The second-order valence-electron chi connectivity index (χ2n) is 9.18. The molecule has 0 saturated carbocycles. The standard InChI is InChI=1S/C28H27F3N6O/c1-18-6-7-23(34-27(32)19-4-3-5-22(12-19)28(29,30)31)15-24(18)20-13-25(21-16-33-36(2)17-21)35-26(14-20)37-8-10-38-11-9-37/h3-7,12-17H,8-11H2,1-2H3,(H2,32,34). The zero-order valence-electron chi connectivity index (χ0n) is 21.0. The topological polar surface area (TPSA) is 81.6 Å². The van der Waals surface area contributed by atoms with Crippen molar-refractivity contribution in [3.8, 4) is 22.4 Å². The fraction of sp³-hybridized carbons (Fsp3) is 0.250. The first-order valence-electron chi connectivity index (χ1n) is 12.1. The molecule has 0 radical (unpaired) electrons. The number of nitrogens with zero attached hydrogens (tertiary/aromatic N) is 5. The van der Waals surface area contributed by atoms with E-state index in [4.69, 9.17) is 15.5 Å². The van der Waals surface area contributed by atoms with Crippen molar-refractivity contribution in [3.05, 3.63) is 83.7 Å². The van der Waals surface area contributed by atoms with E-state index in [0.717, 1.165) is 59.0 Å². The van der Waals surface area contributed by atoms with Crippen LogP contribution in [0, 0.1) is 6.92 Å². The molecule has 2 aromatic heterocycles. The van der Waals surface area contributed by atoms with Crippen molar-refractivity contribution in [1.29, 1.82) is 0 Å². The summed E-state index contributed by atoms with van der Waals surface area (Å²) >= 11 is 0. The van der Waals surface area contributed by atoms with Crippen molar-refractivity contribution in [2.24, 2.45) is 17.8 Å². The van der Waals surface area contributed by atoms with Gasteiger partial charge in [0.15, 0.2) is 0 Å². The van der Waals surface area contributed by atoms with E-state index >= 15 is 0 Å². The molecule has 38 heavy (non-hydrogen) atoms. The fourth-order valence-corrected chi connectivity index (χ4v) is 4.38. The molecule has 2 aromatic carbocycles. The van der Waals surface area contributed by atoms with E-state index in [9.17, 15) is 13.2 Å². The van der Waals surface area contributed by atoms with E-state index in [-0.39, 0.29) is 11.4 Å². The van der Waals surface area contributed by atoms with Crippen LogP contribution in [0.2, 0.25) is 0 Å². The van der Waals surface area contributed by atoms with Gasteiger partial charge in [0, 0.05) is 37.5 Å². The Balaban J connectivity index is 1.56. The average Bonchev–Trinajstić information content (AvgIpc) is 3.36. The van der Waals surface area contributed by atoms with Crippen LogP contribution >= 0.6 is 0 Å². The fourth-order valence-electron chi connectivity index (χ4n) is 4.38. The van der Waals surface area contributed by atoms with E-state index in [1.165, 1.54) is 12.1 Å². The highest BCUT2D eigenvalue weighted by atomic mass is 19.4. The second kappa shape index (κ2) is 10.3. The van der Waals surface area contributed by atoms with Crippen LogP contribution in [-0.2, 0) is 18.0 Å². The van der Waals surface area contributed by atoms with E-state index in [1.54, 1.807) is 16.9 Å². The van der Waals surface area contributed by atoms with Crippen LogP contribution < -0.4 is 10.6 Å². The molecule has 196 valence electrons. The molecule has 4 aromatic rings. The summed E-state index contributed by atoms with van der Waals surface area (Å²) in [7, 11) is 1.86. The van der Waals surface area contributed by atoms with Crippen molar-refractivity contribution in [2.75, 3.05) is 31.2 Å². The number of hydrogen-bond donors (Lipinski definition) is 1. The number of anilines is 1. The molecule has 1 fully saturated rings. The molecule has 0 unspecified atom stereocenters. The first kappa shape index (κ1) is 25.5. The van der Waals surface area contributed by atoms with Crippen molar-refractivity contribution >= 4 is 17.3 Å². The minimum atomic E-state index is -4.46. The summed E-state index contributed by atoms with van der Waals surface area (Å²) in [6, 6.07) is 14.5. The summed E-state index contributed by atoms with van der Waals surface area (Å²) in [5, 5.41) is 4.29. The van der Waals surface area contributed by atoms with Crippen LogP contribution in [0.4, 0.5) is 24.7 Å². The van der Waals surface area contributed by atoms with Crippen molar-refractivity contribution in [1.82, 2.24) is 14.8 Å². The summed E-state index contributed by atoms with van der Waals surface area (Å²) < 4.78 is 46.7. The predicted molar refractivity (Wildman–Crippen MR) is 141 cm³/mol. The van der Waals surface area contributed by atoms with Gasteiger partial charge in [-0.1, -0.05) is 18.2 Å². The van der Waals surface area contributed by atoms with Gasteiger partial charge in [0.05, 0.1) is 36.4 Å². The summed E-state index contributed by atoms with van der Waals surface area (Å²) in [4.78, 5) is 11.5. The van der Waals surface area contributed by atoms with Crippen LogP contribution in [0.5, 0.6) is 0 Å². The number of morpholine rings is 1. The number of ether oxygens (including phenoxy) is 1. The molecule has 7 nitrogen and oxygen atoms in total. The number of benzene rings is 2. The first-order valence-corrected chi connectivity index (χ1v) is 12.1. The third-order valence-electron chi connectivity index (χ3n) is 6.41. The van der Waals surface area contributed by atoms with Gasteiger partial charge in [-0.2, -0.15) is 18.3 Å². The lowest BCUT2D eigenvalue weighted by molar-refractivity contribution is -0.137. The smallest absolute Gasteiger partial charge is 0.383 e. The summed E-state index contributed by atoms with van der Waals surface area (Å²) in [5.41, 5.74) is 10.7. The van der Waals surface area contributed by atoms with Gasteiger partial charge in [0.1, 0.15) is 11.7 Å². The monoisotopic (exact) mass is 520 g/mol. The average molecular weight is 521 g/mol. The van der Waals surface area contributed by atoms with Gasteiger partial charge in [-0.3, -0.25) is 4.68 Å². The van der Waals surface area contributed by atoms with Crippen molar-refractivity contribution in [2.45, 2.75) is 13.1 Å². The van der Waals surface area contributed by atoms with E-state index in [0.29, 0.717) is 18.9 Å². The number of alkyl halides is 3. The van der Waals surface area contributed by atoms with Crippen LogP contribution in [-0.4, -0.2) is 46.9 Å². The summed E-state index contributed by atoms with van der Waals surface area (Å²) in [6.45, 7) is 4.73. The number of aryl methyl sites for hydroxylation is 2. The maximum Gasteiger partial charge on any atom is 0.416 e. The number of halogens is 3. The quantitative estimate of drug-likeness (QED) is 0.283. The lowest BCUT2D eigenvalue weighted by atomic mass is 9.98. The number of aromatic nitrogens is 3. The van der Waals surface area contributed by atoms with Crippen molar-refractivity contribution < 1.29 is 17.9 Å². The minimum absolute atomic E-state index is 0.00526. The van der Waals surface area contributed by atoms with Crippen LogP contribution in [0.3, 0.4) is 0 Å². The van der Waals surface area contributed by atoms with Gasteiger partial charge >= 0.3 is 6.18 Å². The number of pyridine rings is 1. The highest BCUT2D eigenvalue weighted by molar-refractivity contribution is 5.99. The van der Waals surface area contributed by atoms with Crippen LogP contribution in [0.1, 0.15) is 16.7 Å². The Hall–Kier alpha value is -4.18. The molecular formula is C28H27F3N6O. The van der Waals surface area contributed by atoms with E-state index in [2.05, 4.69) is 15.0 Å². The SMILES string of the molecule is Cc1ccc(N=C(N)c2cccc(C(F)(F)F)c2)cc1-c1cc(-c2cnn(C)c2)nc(N2CCOCC2)c1.